The van der Waals surface area contributed by atoms with Crippen molar-refractivity contribution in [3.05, 3.63) is 71.1 Å². The number of hydrogen-bond acceptors (Lipinski definition) is 10. The SMILES string of the molecule is CCOC(=O)C(CC)N(c1ccn(COCC[Si](C)(C)C)n1)c1nc(-n2ccnc2-c2ccc(F)cc2)ncc1[N+](=O)[O-]. The minimum atomic E-state index is -1.28. The number of ether oxygens (including phenoxy) is 2. The van der Waals surface area contributed by atoms with Gasteiger partial charge in [0.15, 0.2) is 5.82 Å². The van der Waals surface area contributed by atoms with E-state index < -0.39 is 36.5 Å². The van der Waals surface area contributed by atoms with Crippen LogP contribution in [0, 0.1) is 15.9 Å². The lowest BCUT2D eigenvalue weighted by Crippen LogP contribution is -2.40. The first-order valence-electron chi connectivity index (χ1n) is 13.9. The smallest absolute Gasteiger partial charge is 0.330 e. The largest absolute Gasteiger partial charge is 0.464 e. The fourth-order valence-corrected chi connectivity index (χ4v) is 5.01. The van der Waals surface area contributed by atoms with Crippen LogP contribution in [0.25, 0.3) is 17.3 Å². The number of nitro groups is 1. The summed E-state index contributed by atoms with van der Waals surface area (Å²) in [5.74, 6) is -0.463. The summed E-state index contributed by atoms with van der Waals surface area (Å²) >= 11 is 0. The maximum absolute atomic E-state index is 13.6. The van der Waals surface area contributed by atoms with Gasteiger partial charge in [-0.2, -0.15) is 10.1 Å². The quantitative estimate of drug-likeness (QED) is 0.0601. The fraction of sp³-hybridized carbons (Fsp3) is 0.393. The molecule has 0 aliphatic heterocycles. The van der Waals surface area contributed by atoms with Gasteiger partial charge in [-0.3, -0.25) is 19.6 Å². The molecule has 0 saturated heterocycles. The molecule has 4 rings (SSSR count). The van der Waals surface area contributed by atoms with Crippen LogP contribution in [0.5, 0.6) is 0 Å². The molecule has 3 heterocycles. The topological polar surface area (TPSA) is 143 Å². The Morgan fingerprint density at radius 2 is 1.88 bits per heavy atom. The van der Waals surface area contributed by atoms with Gasteiger partial charge in [0.05, 0.1) is 11.5 Å². The first-order chi connectivity index (χ1) is 20.5. The Labute approximate surface area is 249 Å². The van der Waals surface area contributed by atoms with Crippen LogP contribution in [0.3, 0.4) is 0 Å². The van der Waals surface area contributed by atoms with Gasteiger partial charge in [-0.15, -0.1) is 0 Å². The number of aromatic nitrogens is 6. The van der Waals surface area contributed by atoms with Crippen molar-refractivity contribution in [1.82, 2.24) is 29.3 Å². The van der Waals surface area contributed by atoms with E-state index in [0.29, 0.717) is 18.0 Å². The van der Waals surface area contributed by atoms with Gasteiger partial charge in [0, 0.05) is 44.9 Å². The highest BCUT2D eigenvalue weighted by molar-refractivity contribution is 6.76. The maximum Gasteiger partial charge on any atom is 0.330 e. The highest BCUT2D eigenvalue weighted by atomic mass is 28.3. The molecule has 15 heteroatoms. The summed E-state index contributed by atoms with van der Waals surface area (Å²) in [7, 11) is -1.28. The molecule has 0 fully saturated rings. The van der Waals surface area contributed by atoms with Gasteiger partial charge >= 0.3 is 11.7 Å². The van der Waals surface area contributed by atoms with Crippen molar-refractivity contribution in [2.45, 2.75) is 58.7 Å². The van der Waals surface area contributed by atoms with Crippen molar-refractivity contribution in [2.75, 3.05) is 18.1 Å². The number of carbonyl (C=O) groups is 1. The Morgan fingerprint density at radius 3 is 2.53 bits per heavy atom. The number of hydrogen-bond donors (Lipinski definition) is 0. The standard InChI is InChI=1S/C28H35FN8O5Si/c1-6-22(27(38)42-7-2)36(24-12-14-34(33-24)19-41-16-17-43(3,4)5)26-23(37(39)40)18-31-28(32-26)35-15-13-30-25(35)20-8-10-21(29)11-9-20/h8-15,18,22H,6-7,16-17,19H2,1-5H3. The van der Waals surface area contributed by atoms with Gasteiger partial charge in [0.25, 0.3) is 0 Å². The van der Waals surface area contributed by atoms with Gasteiger partial charge in [-0.05, 0) is 43.7 Å². The highest BCUT2D eigenvalue weighted by Crippen LogP contribution is 2.35. The molecule has 0 aliphatic carbocycles. The Balaban J connectivity index is 1.79. The fourth-order valence-electron chi connectivity index (χ4n) is 4.25. The number of nitrogens with zero attached hydrogens (tertiary/aromatic N) is 8. The number of esters is 1. The molecule has 0 bridgehead atoms. The third-order valence-electron chi connectivity index (χ3n) is 6.47. The number of imidazole rings is 1. The third-order valence-corrected chi connectivity index (χ3v) is 8.18. The summed E-state index contributed by atoms with van der Waals surface area (Å²) in [5, 5.41) is 16.8. The van der Waals surface area contributed by atoms with Crippen LogP contribution in [-0.2, 0) is 21.0 Å². The van der Waals surface area contributed by atoms with E-state index in [2.05, 4.69) is 39.7 Å². The molecule has 0 radical (unpaired) electrons. The van der Waals surface area contributed by atoms with E-state index in [0.717, 1.165) is 12.2 Å². The van der Waals surface area contributed by atoms with E-state index in [1.54, 1.807) is 49.1 Å². The lowest BCUT2D eigenvalue weighted by Gasteiger charge is -2.28. The Morgan fingerprint density at radius 1 is 1.14 bits per heavy atom. The zero-order valence-electron chi connectivity index (χ0n) is 24.8. The van der Waals surface area contributed by atoms with Crippen molar-refractivity contribution in [3.8, 4) is 17.3 Å². The number of benzene rings is 1. The number of anilines is 2. The zero-order valence-corrected chi connectivity index (χ0v) is 25.8. The Hall–Kier alpha value is -4.50. The maximum atomic E-state index is 13.6. The first-order valence-corrected chi connectivity index (χ1v) is 17.6. The van der Waals surface area contributed by atoms with Crippen LogP contribution >= 0.6 is 0 Å². The third kappa shape index (κ3) is 7.67. The van der Waals surface area contributed by atoms with Gasteiger partial charge < -0.3 is 9.47 Å². The molecule has 1 aromatic carbocycles. The van der Waals surface area contributed by atoms with Crippen LogP contribution < -0.4 is 4.90 Å². The van der Waals surface area contributed by atoms with E-state index in [-0.39, 0.29) is 37.3 Å². The van der Waals surface area contributed by atoms with Crippen LogP contribution in [0.1, 0.15) is 20.3 Å². The molecule has 3 aromatic heterocycles. The molecule has 0 saturated carbocycles. The van der Waals surface area contributed by atoms with Crippen molar-refractivity contribution in [3.63, 3.8) is 0 Å². The number of carbonyl (C=O) groups excluding carboxylic acids is 1. The van der Waals surface area contributed by atoms with E-state index in [1.807, 2.05) is 0 Å². The summed E-state index contributed by atoms with van der Waals surface area (Å²) in [5.41, 5.74) is 0.147. The molecule has 43 heavy (non-hydrogen) atoms. The lowest BCUT2D eigenvalue weighted by molar-refractivity contribution is -0.384. The average Bonchev–Trinajstić information content (AvgIpc) is 3.64. The van der Waals surface area contributed by atoms with E-state index in [1.165, 1.54) is 27.8 Å². The van der Waals surface area contributed by atoms with Crippen LogP contribution in [0.2, 0.25) is 25.7 Å². The number of halogens is 1. The molecule has 1 atom stereocenters. The number of rotatable bonds is 14. The minimum absolute atomic E-state index is 0.0512. The van der Waals surface area contributed by atoms with E-state index >= 15 is 0 Å². The molecular weight excluding hydrogens is 575 g/mol. The van der Waals surface area contributed by atoms with Crippen LogP contribution in [0.4, 0.5) is 21.7 Å². The second-order valence-electron chi connectivity index (χ2n) is 10.9. The average molecular weight is 611 g/mol. The van der Waals surface area contributed by atoms with Crippen LogP contribution in [-0.4, -0.2) is 67.5 Å². The molecule has 4 aromatic rings. The highest BCUT2D eigenvalue weighted by Gasteiger charge is 2.35. The van der Waals surface area contributed by atoms with Crippen molar-refractivity contribution >= 4 is 31.4 Å². The second kappa shape index (κ2) is 13.6. The summed E-state index contributed by atoms with van der Waals surface area (Å²) in [6.45, 7) is 11.1. The molecule has 228 valence electrons. The monoisotopic (exact) mass is 610 g/mol. The summed E-state index contributed by atoms with van der Waals surface area (Å²) in [6.07, 6.45) is 6.08. The van der Waals surface area contributed by atoms with Gasteiger partial charge in [0.2, 0.25) is 11.8 Å². The zero-order chi connectivity index (χ0) is 31.1. The summed E-state index contributed by atoms with van der Waals surface area (Å²) < 4.78 is 27.8. The van der Waals surface area contributed by atoms with Crippen molar-refractivity contribution in [2.24, 2.45) is 0 Å². The molecular formula is C28H35FN8O5Si. The molecule has 0 spiro atoms. The van der Waals surface area contributed by atoms with Gasteiger partial charge in [0.1, 0.15) is 30.6 Å². The summed E-state index contributed by atoms with van der Waals surface area (Å²) in [4.78, 5) is 39.3. The molecule has 0 N–H and O–H groups in total. The Kier molecular flexibility index (Phi) is 9.98. The normalized spacial score (nSPS) is 12.2. The van der Waals surface area contributed by atoms with Gasteiger partial charge in [-0.1, -0.05) is 26.6 Å². The van der Waals surface area contributed by atoms with Gasteiger partial charge in [-0.25, -0.2) is 23.8 Å². The molecule has 0 amide bonds. The summed E-state index contributed by atoms with van der Waals surface area (Å²) in [6, 6.07) is 7.34. The lowest BCUT2D eigenvalue weighted by atomic mass is 10.2. The molecule has 0 aliphatic rings. The minimum Gasteiger partial charge on any atom is -0.464 e. The van der Waals surface area contributed by atoms with Crippen LogP contribution in [0.15, 0.2) is 55.1 Å². The second-order valence-corrected chi connectivity index (χ2v) is 16.5. The predicted molar refractivity (Wildman–Crippen MR) is 160 cm³/mol. The van der Waals surface area contributed by atoms with Crippen molar-refractivity contribution < 1.29 is 23.6 Å². The Bertz CT molecular complexity index is 1550. The first kappa shape index (κ1) is 31.4. The molecule has 1 unspecified atom stereocenters. The predicted octanol–water partition coefficient (Wildman–Crippen LogP) is 5.37. The van der Waals surface area contributed by atoms with Crippen molar-refractivity contribution in [1.29, 1.82) is 0 Å². The van der Waals surface area contributed by atoms with E-state index in [4.69, 9.17) is 9.47 Å². The van der Waals surface area contributed by atoms with E-state index in [9.17, 15) is 19.3 Å². The molecule has 13 nitrogen and oxygen atoms in total.